The van der Waals surface area contributed by atoms with Gasteiger partial charge in [0.2, 0.25) is 6.41 Å². The summed E-state index contributed by atoms with van der Waals surface area (Å²) in [6.45, 7) is 4.25. The van der Waals surface area contributed by atoms with Crippen molar-refractivity contribution in [2.75, 3.05) is 0 Å². The first kappa shape index (κ1) is 15.0. The molecule has 0 saturated heterocycles. The zero-order chi connectivity index (χ0) is 13.9. The number of amides is 1. The number of hydrogen-bond donors (Lipinski definition) is 1. The Kier molecular flexibility index (Phi) is 7.03. The van der Waals surface area contributed by atoms with E-state index >= 15 is 0 Å². The van der Waals surface area contributed by atoms with Crippen LogP contribution in [0.1, 0.15) is 37.4 Å². The molecule has 0 saturated carbocycles. The van der Waals surface area contributed by atoms with Crippen LogP contribution >= 0.6 is 0 Å². The molecule has 2 aromatic rings. The van der Waals surface area contributed by atoms with E-state index in [2.05, 4.69) is 19.2 Å². The molecule has 0 aromatic heterocycles. The molecule has 2 rings (SSSR count). The molecule has 1 N–H and O–H groups in total. The van der Waals surface area contributed by atoms with Crippen molar-refractivity contribution in [1.29, 1.82) is 0 Å². The number of hydrogen-bond acceptors (Lipinski definition) is 1. The van der Waals surface area contributed by atoms with Gasteiger partial charge in [-0.15, -0.1) is 0 Å². The summed E-state index contributed by atoms with van der Waals surface area (Å²) < 4.78 is 0. The summed E-state index contributed by atoms with van der Waals surface area (Å²) in [7, 11) is 0. The fraction of sp³-hybridized carbons (Fsp3) is 0.235. The number of rotatable bonds is 4. The zero-order valence-electron chi connectivity index (χ0n) is 11.5. The Morgan fingerprint density at radius 1 is 0.895 bits per heavy atom. The van der Waals surface area contributed by atoms with E-state index in [0.29, 0.717) is 0 Å². The molecular weight excluding hydrogens is 234 g/mol. The summed E-state index contributed by atoms with van der Waals surface area (Å²) in [5.41, 5.74) is 2.17. The lowest BCUT2D eigenvalue weighted by Gasteiger charge is -2.16. The van der Waals surface area contributed by atoms with Gasteiger partial charge in [0.05, 0.1) is 6.04 Å². The van der Waals surface area contributed by atoms with Crippen LogP contribution in [-0.4, -0.2) is 6.41 Å². The third-order valence-electron chi connectivity index (χ3n) is 2.50. The highest BCUT2D eigenvalue weighted by atomic mass is 16.1. The highest BCUT2D eigenvalue weighted by molar-refractivity contribution is 5.50. The van der Waals surface area contributed by atoms with Crippen molar-refractivity contribution < 1.29 is 4.79 Å². The predicted octanol–water partition coefficient (Wildman–Crippen LogP) is 3.94. The fourth-order valence-electron chi connectivity index (χ4n) is 1.74. The molecule has 0 bridgehead atoms. The van der Waals surface area contributed by atoms with Gasteiger partial charge < -0.3 is 5.32 Å². The Morgan fingerprint density at radius 2 is 1.26 bits per heavy atom. The van der Waals surface area contributed by atoms with Crippen LogP contribution in [0.5, 0.6) is 0 Å². The number of nitrogens with one attached hydrogen (secondary N) is 1. The SMILES string of the molecule is CCC.O=CNC(c1ccccc1)c1ccccc1. The van der Waals surface area contributed by atoms with Crippen molar-refractivity contribution >= 4 is 6.41 Å². The number of carbonyl (C=O) groups is 1. The molecule has 0 heterocycles. The Hall–Kier alpha value is -2.09. The van der Waals surface area contributed by atoms with E-state index in [1.165, 1.54) is 6.42 Å². The van der Waals surface area contributed by atoms with Crippen molar-refractivity contribution in [3.05, 3.63) is 71.8 Å². The Morgan fingerprint density at radius 3 is 1.58 bits per heavy atom. The van der Waals surface area contributed by atoms with E-state index in [-0.39, 0.29) is 6.04 Å². The van der Waals surface area contributed by atoms with Crippen LogP contribution in [0.4, 0.5) is 0 Å². The molecular formula is C17H21NO. The monoisotopic (exact) mass is 255 g/mol. The minimum atomic E-state index is -0.0695. The molecule has 0 unspecified atom stereocenters. The molecule has 0 aliphatic carbocycles. The number of benzene rings is 2. The summed E-state index contributed by atoms with van der Waals surface area (Å²) in [4.78, 5) is 10.7. The summed E-state index contributed by atoms with van der Waals surface area (Å²) in [5.74, 6) is 0. The molecule has 2 heteroatoms. The Bertz CT molecular complexity index is 414. The van der Waals surface area contributed by atoms with E-state index in [0.717, 1.165) is 17.5 Å². The van der Waals surface area contributed by atoms with Crippen molar-refractivity contribution in [3.63, 3.8) is 0 Å². The van der Waals surface area contributed by atoms with Crippen LogP contribution in [0.2, 0.25) is 0 Å². The van der Waals surface area contributed by atoms with Crippen molar-refractivity contribution in [3.8, 4) is 0 Å². The van der Waals surface area contributed by atoms with Crippen LogP contribution in [-0.2, 0) is 4.79 Å². The first-order valence-corrected chi connectivity index (χ1v) is 6.63. The summed E-state index contributed by atoms with van der Waals surface area (Å²) in [6, 6.07) is 19.8. The van der Waals surface area contributed by atoms with E-state index in [4.69, 9.17) is 0 Å². The fourth-order valence-corrected chi connectivity index (χ4v) is 1.74. The molecule has 0 fully saturated rings. The third-order valence-corrected chi connectivity index (χ3v) is 2.50. The van der Waals surface area contributed by atoms with Crippen molar-refractivity contribution in [1.82, 2.24) is 5.32 Å². The molecule has 0 spiro atoms. The van der Waals surface area contributed by atoms with Crippen molar-refractivity contribution in [2.45, 2.75) is 26.3 Å². The molecule has 1 amide bonds. The maximum absolute atomic E-state index is 10.7. The van der Waals surface area contributed by atoms with Crippen LogP contribution in [0.3, 0.4) is 0 Å². The van der Waals surface area contributed by atoms with Gasteiger partial charge >= 0.3 is 0 Å². The molecule has 2 nitrogen and oxygen atoms in total. The first-order chi connectivity index (χ1) is 9.33. The Balaban J connectivity index is 0.000000550. The lowest BCUT2D eigenvalue weighted by molar-refractivity contribution is -0.110. The van der Waals surface area contributed by atoms with Crippen LogP contribution in [0.25, 0.3) is 0 Å². The van der Waals surface area contributed by atoms with Crippen LogP contribution < -0.4 is 5.32 Å². The highest BCUT2D eigenvalue weighted by Gasteiger charge is 2.11. The minimum absolute atomic E-state index is 0.0695. The molecule has 0 radical (unpaired) electrons. The molecule has 2 aromatic carbocycles. The van der Waals surface area contributed by atoms with Gasteiger partial charge in [0.25, 0.3) is 0 Å². The summed E-state index contributed by atoms with van der Waals surface area (Å²) in [5, 5.41) is 2.83. The Labute approximate surface area is 115 Å². The molecule has 19 heavy (non-hydrogen) atoms. The first-order valence-electron chi connectivity index (χ1n) is 6.63. The van der Waals surface area contributed by atoms with Gasteiger partial charge in [-0.3, -0.25) is 4.79 Å². The molecule has 100 valence electrons. The van der Waals surface area contributed by atoms with Gasteiger partial charge in [-0.25, -0.2) is 0 Å². The summed E-state index contributed by atoms with van der Waals surface area (Å²) in [6.07, 6.45) is 1.99. The average Bonchev–Trinajstić information content (AvgIpc) is 2.47. The highest BCUT2D eigenvalue weighted by Crippen LogP contribution is 2.20. The predicted molar refractivity (Wildman–Crippen MR) is 79.9 cm³/mol. The molecule has 0 aliphatic heterocycles. The topological polar surface area (TPSA) is 29.1 Å². The van der Waals surface area contributed by atoms with Gasteiger partial charge in [-0.1, -0.05) is 80.9 Å². The maximum atomic E-state index is 10.7. The van der Waals surface area contributed by atoms with E-state index < -0.39 is 0 Å². The quantitative estimate of drug-likeness (QED) is 0.824. The lowest BCUT2D eigenvalue weighted by Crippen LogP contribution is -2.20. The van der Waals surface area contributed by atoms with Gasteiger partial charge in [-0.05, 0) is 11.1 Å². The lowest BCUT2D eigenvalue weighted by atomic mass is 9.99. The van der Waals surface area contributed by atoms with Crippen LogP contribution in [0.15, 0.2) is 60.7 Å². The second-order valence-electron chi connectivity index (χ2n) is 4.25. The standard InChI is InChI=1S/C14H13NO.C3H8/c16-11-15-14(12-7-3-1-4-8-12)13-9-5-2-6-10-13;1-3-2/h1-11,14H,(H,15,16);3H2,1-2H3. The minimum Gasteiger partial charge on any atom is -0.348 e. The normalized spacial score (nSPS) is 9.42. The zero-order valence-corrected chi connectivity index (χ0v) is 11.5. The average molecular weight is 255 g/mol. The third kappa shape index (κ3) is 4.96. The second-order valence-corrected chi connectivity index (χ2v) is 4.25. The number of carbonyl (C=O) groups excluding carboxylic acids is 1. The van der Waals surface area contributed by atoms with E-state index in [1.807, 2.05) is 60.7 Å². The largest absolute Gasteiger partial charge is 0.348 e. The van der Waals surface area contributed by atoms with Gasteiger partial charge in [0.15, 0.2) is 0 Å². The van der Waals surface area contributed by atoms with Gasteiger partial charge in [0, 0.05) is 0 Å². The van der Waals surface area contributed by atoms with Crippen LogP contribution in [0, 0.1) is 0 Å². The van der Waals surface area contributed by atoms with E-state index in [1.54, 1.807) is 0 Å². The molecule has 0 aliphatic rings. The molecule has 0 atom stereocenters. The maximum Gasteiger partial charge on any atom is 0.207 e. The summed E-state index contributed by atoms with van der Waals surface area (Å²) >= 11 is 0. The van der Waals surface area contributed by atoms with E-state index in [9.17, 15) is 4.79 Å². The van der Waals surface area contributed by atoms with Gasteiger partial charge in [-0.2, -0.15) is 0 Å². The smallest absolute Gasteiger partial charge is 0.207 e. The van der Waals surface area contributed by atoms with Gasteiger partial charge in [0.1, 0.15) is 0 Å². The second kappa shape index (κ2) is 8.92. The van der Waals surface area contributed by atoms with Crippen molar-refractivity contribution in [2.24, 2.45) is 0 Å².